The Hall–Kier alpha value is -2.92. The van der Waals surface area contributed by atoms with Gasteiger partial charge < -0.3 is 9.88 Å². The number of aromatic nitrogens is 2. The van der Waals surface area contributed by atoms with E-state index in [0.717, 1.165) is 28.2 Å². The van der Waals surface area contributed by atoms with Crippen LogP contribution in [0.25, 0.3) is 0 Å². The van der Waals surface area contributed by atoms with Gasteiger partial charge in [-0.1, -0.05) is 48.0 Å². The summed E-state index contributed by atoms with van der Waals surface area (Å²) in [7, 11) is 3.85. The lowest BCUT2D eigenvalue weighted by molar-refractivity contribution is -0.120. The molecule has 1 amide bonds. The van der Waals surface area contributed by atoms with Crippen LogP contribution in [-0.4, -0.2) is 34.5 Å². The SMILES string of the molecule is Cc1cccc(C(C(=O)Nc2ccccc2Cn2ccnc2C)N(C)C)c1. The average molecular weight is 362 g/mol. The second-order valence-electron chi connectivity index (χ2n) is 7.03. The number of likely N-dealkylation sites (N-methyl/N-ethyl adjacent to an activating group) is 1. The van der Waals surface area contributed by atoms with Crippen molar-refractivity contribution in [2.24, 2.45) is 0 Å². The van der Waals surface area contributed by atoms with Gasteiger partial charge in [0.2, 0.25) is 5.91 Å². The highest BCUT2D eigenvalue weighted by molar-refractivity contribution is 5.96. The van der Waals surface area contributed by atoms with Gasteiger partial charge >= 0.3 is 0 Å². The van der Waals surface area contributed by atoms with Crippen LogP contribution in [0, 0.1) is 13.8 Å². The highest BCUT2D eigenvalue weighted by atomic mass is 16.2. The Morgan fingerprint density at radius 1 is 1.15 bits per heavy atom. The molecular formula is C22H26N4O. The average Bonchev–Trinajstić information content (AvgIpc) is 3.01. The summed E-state index contributed by atoms with van der Waals surface area (Å²) in [6.45, 7) is 4.68. The van der Waals surface area contributed by atoms with Crippen LogP contribution < -0.4 is 5.32 Å². The number of aryl methyl sites for hydroxylation is 2. The molecular weight excluding hydrogens is 336 g/mol. The van der Waals surface area contributed by atoms with E-state index in [1.165, 1.54) is 0 Å². The minimum atomic E-state index is -0.354. The summed E-state index contributed by atoms with van der Waals surface area (Å²) in [5.74, 6) is 0.905. The number of rotatable bonds is 6. The van der Waals surface area contributed by atoms with E-state index in [4.69, 9.17) is 0 Å². The van der Waals surface area contributed by atoms with E-state index in [1.807, 2.05) is 81.5 Å². The van der Waals surface area contributed by atoms with Crippen molar-refractivity contribution in [1.82, 2.24) is 14.5 Å². The number of imidazole rings is 1. The molecule has 1 aromatic heterocycles. The molecule has 1 unspecified atom stereocenters. The Morgan fingerprint density at radius 3 is 2.59 bits per heavy atom. The second kappa shape index (κ2) is 8.18. The van der Waals surface area contributed by atoms with E-state index < -0.39 is 0 Å². The lowest BCUT2D eigenvalue weighted by atomic mass is 10.0. The van der Waals surface area contributed by atoms with Gasteiger partial charge in [0, 0.05) is 18.1 Å². The van der Waals surface area contributed by atoms with Crippen LogP contribution in [0.3, 0.4) is 0 Å². The Bertz CT molecular complexity index is 929. The van der Waals surface area contributed by atoms with E-state index >= 15 is 0 Å². The first-order valence-corrected chi connectivity index (χ1v) is 9.05. The number of nitrogens with one attached hydrogen (secondary N) is 1. The first kappa shape index (κ1) is 18.9. The quantitative estimate of drug-likeness (QED) is 0.726. The number of amides is 1. The number of anilines is 1. The summed E-state index contributed by atoms with van der Waals surface area (Å²) >= 11 is 0. The molecule has 0 bridgehead atoms. The number of para-hydroxylation sites is 1. The molecule has 1 heterocycles. The van der Waals surface area contributed by atoms with Gasteiger partial charge in [-0.3, -0.25) is 9.69 Å². The summed E-state index contributed by atoms with van der Waals surface area (Å²) in [5, 5.41) is 3.13. The molecule has 27 heavy (non-hydrogen) atoms. The second-order valence-corrected chi connectivity index (χ2v) is 7.03. The van der Waals surface area contributed by atoms with Crippen molar-refractivity contribution in [2.45, 2.75) is 26.4 Å². The highest BCUT2D eigenvalue weighted by Crippen LogP contribution is 2.23. The van der Waals surface area contributed by atoms with E-state index in [2.05, 4.69) is 20.9 Å². The predicted molar refractivity (Wildman–Crippen MR) is 109 cm³/mol. The molecule has 0 aliphatic carbocycles. The van der Waals surface area contributed by atoms with Crippen LogP contribution in [0.15, 0.2) is 60.9 Å². The van der Waals surface area contributed by atoms with Crippen molar-refractivity contribution in [2.75, 3.05) is 19.4 Å². The third-order valence-corrected chi connectivity index (χ3v) is 4.66. The summed E-state index contributed by atoms with van der Waals surface area (Å²) in [5.41, 5.74) is 4.01. The number of hydrogen-bond acceptors (Lipinski definition) is 3. The zero-order valence-corrected chi connectivity index (χ0v) is 16.3. The molecule has 3 rings (SSSR count). The van der Waals surface area contributed by atoms with Crippen molar-refractivity contribution in [1.29, 1.82) is 0 Å². The smallest absolute Gasteiger partial charge is 0.246 e. The third kappa shape index (κ3) is 4.44. The van der Waals surface area contributed by atoms with Gasteiger partial charge in [-0.15, -0.1) is 0 Å². The molecule has 0 aliphatic rings. The molecule has 0 spiro atoms. The van der Waals surface area contributed by atoms with E-state index in [-0.39, 0.29) is 11.9 Å². The van der Waals surface area contributed by atoms with Crippen LogP contribution >= 0.6 is 0 Å². The summed E-state index contributed by atoms with van der Waals surface area (Å²) in [4.78, 5) is 19.3. The topological polar surface area (TPSA) is 50.2 Å². The Balaban J connectivity index is 1.85. The molecule has 2 aromatic carbocycles. The van der Waals surface area contributed by atoms with Gasteiger partial charge in [-0.2, -0.15) is 0 Å². The fraction of sp³-hybridized carbons (Fsp3) is 0.273. The zero-order valence-electron chi connectivity index (χ0n) is 16.3. The lowest BCUT2D eigenvalue weighted by Gasteiger charge is -2.25. The van der Waals surface area contributed by atoms with Crippen LogP contribution in [0.1, 0.15) is 28.6 Å². The number of hydrogen-bond donors (Lipinski definition) is 1. The van der Waals surface area contributed by atoms with Crippen molar-refractivity contribution in [3.63, 3.8) is 0 Å². The molecule has 5 heteroatoms. The Morgan fingerprint density at radius 2 is 1.93 bits per heavy atom. The largest absolute Gasteiger partial charge is 0.331 e. The first-order chi connectivity index (χ1) is 13.0. The maximum absolute atomic E-state index is 13.1. The monoisotopic (exact) mass is 362 g/mol. The van der Waals surface area contributed by atoms with E-state index in [0.29, 0.717) is 6.54 Å². The molecule has 1 N–H and O–H groups in total. The first-order valence-electron chi connectivity index (χ1n) is 9.05. The number of nitrogens with zero attached hydrogens (tertiary/aromatic N) is 3. The van der Waals surface area contributed by atoms with Gasteiger partial charge in [0.1, 0.15) is 11.9 Å². The molecule has 0 radical (unpaired) electrons. The van der Waals surface area contributed by atoms with E-state index in [1.54, 1.807) is 6.20 Å². The van der Waals surface area contributed by atoms with Crippen LogP contribution in [0.2, 0.25) is 0 Å². The lowest BCUT2D eigenvalue weighted by Crippen LogP contribution is -2.32. The van der Waals surface area contributed by atoms with Gasteiger partial charge in [0.25, 0.3) is 0 Å². The molecule has 1 atom stereocenters. The molecule has 3 aromatic rings. The molecule has 0 fully saturated rings. The van der Waals surface area contributed by atoms with Crippen LogP contribution in [0.5, 0.6) is 0 Å². The normalized spacial score (nSPS) is 12.2. The fourth-order valence-electron chi connectivity index (χ4n) is 3.26. The summed E-state index contributed by atoms with van der Waals surface area (Å²) < 4.78 is 2.06. The van der Waals surface area contributed by atoms with Gasteiger partial charge in [0.05, 0.1) is 6.54 Å². The Labute approximate surface area is 160 Å². The Kier molecular flexibility index (Phi) is 5.72. The highest BCUT2D eigenvalue weighted by Gasteiger charge is 2.23. The minimum Gasteiger partial charge on any atom is -0.331 e. The van der Waals surface area contributed by atoms with Crippen molar-refractivity contribution >= 4 is 11.6 Å². The maximum Gasteiger partial charge on any atom is 0.246 e. The van der Waals surface area contributed by atoms with E-state index in [9.17, 15) is 4.79 Å². The molecule has 0 saturated carbocycles. The molecule has 5 nitrogen and oxygen atoms in total. The van der Waals surface area contributed by atoms with Gasteiger partial charge in [-0.25, -0.2) is 4.98 Å². The molecule has 0 aliphatic heterocycles. The van der Waals surface area contributed by atoms with Crippen molar-refractivity contribution in [3.05, 3.63) is 83.4 Å². The number of carbonyl (C=O) groups is 1. The predicted octanol–water partition coefficient (Wildman–Crippen LogP) is 3.79. The fourth-order valence-corrected chi connectivity index (χ4v) is 3.26. The maximum atomic E-state index is 13.1. The summed E-state index contributed by atoms with van der Waals surface area (Å²) in [6, 6.07) is 15.6. The zero-order chi connectivity index (χ0) is 19.4. The summed E-state index contributed by atoms with van der Waals surface area (Å²) in [6.07, 6.45) is 3.74. The van der Waals surface area contributed by atoms with Gasteiger partial charge in [-0.05, 0) is 45.1 Å². The van der Waals surface area contributed by atoms with Crippen molar-refractivity contribution < 1.29 is 4.79 Å². The van der Waals surface area contributed by atoms with Crippen LogP contribution in [-0.2, 0) is 11.3 Å². The third-order valence-electron chi connectivity index (χ3n) is 4.66. The van der Waals surface area contributed by atoms with Crippen molar-refractivity contribution in [3.8, 4) is 0 Å². The number of carbonyl (C=O) groups excluding carboxylic acids is 1. The standard InChI is InChI=1S/C22H26N4O/c1-16-8-7-10-18(14-16)21(25(3)4)22(27)24-20-11-6-5-9-19(20)15-26-13-12-23-17(26)2/h5-14,21H,15H2,1-4H3,(H,24,27). The van der Waals surface area contributed by atoms with Gasteiger partial charge in [0.15, 0.2) is 0 Å². The number of benzene rings is 2. The minimum absolute atomic E-state index is 0.0413. The molecule has 0 saturated heterocycles. The van der Waals surface area contributed by atoms with Crippen LogP contribution in [0.4, 0.5) is 5.69 Å². The molecule has 140 valence electrons.